The van der Waals surface area contributed by atoms with Crippen molar-refractivity contribution in [3.05, 3.63) is 101 Å². The molecule has 0 saturated carbocycles. The van der Waals surface area contributed by atoms with Gasteiger partial charge in [0.2, 0.25) is 0 Å². The number of benzene rings is 2. The highest BCUT2D eigenvalue weighted by Gasteiger charge is 2.28. The predicted octanol–water partition coefficient (Wildman–Crippen LogP) is 4.76. The van der Waals surface area contributed by atoms with Gasteiger partial charge in [-0.05, 0) is 65.8 Å². The van der Waals surface area contributed by atoms with Crippen LogP contribution >= 0.6 is 0 Å². The Bertz CT molecular complexity index is 1330. The summed E-state index contributed by atoms with van der Waals surface area (Å²) in [6.07, 6.45) is 10.4. The van der Waals surface area contributed by atoms with Gasteiger partial charge in [-0.25, -0.2) is 5.48 Å². The van der Waals surface area contributed by atoms with Gasteiger partial charge in [0.1, 0.15) is 0 Å². The molecule has 0 radical (unpaired) electrons. The van der Waals surface area contributed by atoms with Crippen molar-refractivity contribution in [3.8, 4) is 0 Å². The zero-order chi connectivity index (χ0) is 23.5. The third-order valence-corrected chi connectivity index (χ3v) is 6.95. The molecule has 174 valence electrons. The average Bonchev–Trinajstić information content (AvgIpc) is 3.58. The van der Waals surface area contributed by atoms with Crippen molar-refractivity contribution in [2.75, 3.05) is 6.54 Å². The number of H-pyrrole nitrogens is 1. The molecule has 1 amide bonds. The Morgan fingerprint density at radius 2 is 2.12 bits per heavy atom. The number of fused-ring (bicyclic) bond motifs is 2. The van der Waals surface area contributed by atoms with Crippen LogP contribution in [0.1, 0.15) is 40.4 Å². The number of amides is 1. The number of aromatic nitrogens is 2. The standard InChI is InChI=1S/C28H30N4O2/c1-31-15-4-5-23(31)19-32(16-14-22-18-29-26-7-3-2-6-24(22)26)27-12-10-21-17-20(8-11-25(21)27)9-13-28(33)30-34/h2-9,11,13,15,17-18,27,29,34H,10,12,14,16,19H2,1H3,(H,30,33). The first-order valence-corrected chi connectivity index (χ1v) is 11.8. The van der Waals surface area contributed by atoms with Crippen molar-refractivity contribution >= 4 is 22.9 Å². The summed E-state index contributed by atoms with van der Waals surface area (Å²) in [4.78, 5) is 17.3. The maximum Gasteiger partial charge on any atom is 0.267 e. The summed E-state index contributed by atoms with van der Waals surface area (Å²) in [5.41, 5.74) is 9.16. The lowest BCUT2D eigenvalue weighted by molar-refractivity contribution is -0.124. The van der Waals surface area contributed by atoms with Gasteiger partial charge in [0, 0.05) is 61.2 Å². The normalized spacial score (nSPS) is 15.4. The van der Waals surface area contributed by atoms with E-state index in [1.807, 2.05) is 0 Å². The van der Waals surface area contributed by atoms with E-state index in [1.165, 1.54) is 39.4 Å². The lowest BCUT2D eigenvalue weighted by Crippen LogP contribution is -2.30. The van der Waals surface area contributed by atoms with Crippen molar-refractivity contribution in [1.29, 1.82) is 0 Å². The van der Waals surface area contributed by atoms with Crippen LogP contribution in [0.4, 0.5) is 0 Å². The van der Waals surface area contributed by atoms with Crippen LogP contribution in [-0.2, 0) is 31.2 Å². The van der Waals surface area contributed by atoms with Crippen molar-refractivity contribution in [3.63, 3.8) is 0 Å². The summed E-state index contributed by atoms with van der Waals surface area (Å²) >= 11 is 0. The zero-order valence-corrected chi connectivity index (χ0v) is 19.4. The highest BCUT2D eigenvalue weighted by atomic mass is 16.5. The monoisotopic (exact) mass is 454 g/mol. The topological polar surface area (TPSA) is 73.3 Å². The van der Waals surface area contributed by atoms with Gasteiger partial charge >= 0.3 is 0 Å². The Morgan fingerprint density at radius 3 is 2.94 bits per heavy atom. The van der Waals surface area contributed by atoms with E-state index in [2.05, 4.69) is 88.5 Å². The molecule has 3 N–H and O–H groups in total. The number of nitrogens with one attached hydrogen (secondary N) is 2. The minimum Gasteiger partial charge on any atom is -0.361 e. The Balaban J connectivity index is 1.39. The highest BCUT2D eigenvalue weighted by molar-refractivity contribution is 5.90. The number of rotatable bonds is 8. The van der Waals surface area contributed by atoms with Crippen LogP contribution in [0.3, 0.4) is 0 Å². The number of carbonyl (C=O) groups excluding carboxylic acids is 1. The molecule has 2 heterocycles. The van der Waals surface area contributed by atoms with Crippen LogP contribution in [0.15, 0.2) is 73.1 Å². The molecule has 0 aliphatic heterocycles. The van der Waals surface area contributed by atoms with Gasteiger partial charge in [-0.15, -0.1) is 0 Å². The molecular formula is C28H30N4O2. The molecule has 0 spiro atoms. The SMILES string of the molecule is Cn1cccc1CN(CCc1c[nH]c2ccccc12)C1CCc2cc(C=CC(=O)NO)ccc21. The Labute approximate surface area is 199 Å². The van der Waals surface area contributed by atoms with Crippen LogP contribution in [-0.4, -0.2) is 32.1 Å². The van der Waals surface area contributed by atoms with Crippen molar-refractivity contribution in [1.82, 2.24) is 19.9 Å². The van der Waals surface area contributed by atoms with E-state index in [0.717, 1.165) is 37.9 Å². The van der Waals surface area contributed by atoms with Crippen molar-refractivity contribution < 1.29 is 10.0 Å². The Morgan fingerprint density at radius 1 is 1.24 bits per heavy atom. The maximum absolute atomic E-state index is 11.3. The number of hydrogen-bond acceptors (Lipinski definition) is 3. The second-order valence-electron chi connectivity index (χ2n) is 9.01. The number of aromatic amines is 1. The van der Waals surface area contributed by atoms with E-state index in [4.69, 9.17) is 5.21 Å². The molecule has 0 saturated heterocycles. The number of hydrogen-bond donors (Lipinski definition) is 3. The third kappa shape index (κ3) is 4.55. The summed E-state index contributed by atoms with van der Waals surface area (Å²) in [6.45, 7) is 1.86. The lowest BCUT2D eigenvalue weighted by Gasteiger charge is -2.30. The van der Waals surface area contributed by atoms with Gasteiger partial charge in [0.15, 0.2) is 0 Å². The third-order valence-electron chi connectivity index (χ3n) is 6.95. The van der Waals surface area contributed by atoms with Gasteiger partial charge in [-0.2, -0.15) is 0 Å². The van der Waals surface area contributed by atoms with Gasteiger partial charge in [0.05, 0.1) is 0 Å². The Kier molecular flexibility index (Phi) is 6.34. The van der Waals surface area contributed by atoms with Gasteiger partial charge < -0.3 is 9.55 Å². The maximum atomic E-state index is 11.3. The van der Waals surface area contributed by atoms with Crippen molar-refractivity contribution in [2.45, 2.75) is 31.8 Å². The molecule has 6 heteroatoms. The quantitative estimate of drug-likeness (QED) is 0.204. The highest BCUT2D eigenvalue weighted by Crippen LogP contribution is 2.37. The van der Waals surface area contributed by atoms with E-state index in [1.54, 1.807) is 11.6 Å². The Hall–Kier alpha value is -3.61. The predicted molar refractivity (Wildman–Crippen MR) is 134 cm³/mol. The minimum absolute atomic E-state index is 0.355. The van der Waals surface area contributed by atoms with Crippen LogP contribution in [0.2, 0.25) is 0 Å². The van der Waals surface area contributed by atoms with Gasteiger partial charge in [-0.3, -0.25) is 14.9 Å². The summed E-state index contributed by atoms with van der Waals surface area (Å²) in [6, 6.07) is 19.6. The van der Waals surface area contributed by atoms with E-state index < -0.39 is 5.91 Å². The van der Waals surface area contributed by atoms with Crippen molar-refractivity contribution in [2.24, 2.45) is 7.05 Å². The van der Waals surface area contributed by atoms with E-state index in [0.29, 0.717) is 6.04 Å². The largest absolute Gasteiger partial charge is 0.361 e. The summed E-state index contributed by atoms with van der Waals surface area (Å²) in [5.74, 6) is -0.524. The summed E-state index contributed by atoms with van der Waals surface area (Å²) < 4.78 is 2.20. The van der Waals surface area contributed by atoms with E-state index >= 15 is 0 Å². The molecule has 2 aromatic carbocycles. The second-order valence-corrected chi connectivity index (χ2v) is 9.01. The minimum atomic E-state index is -0.524. The van der Waals surface area contributed by atoms with E-state index in [-0.39, 0.29) is 0 Å². The van der Waals surface area contributed by atoms with Gasteiger partial charge in [-0.1, -0.05) is 36.4 Å². The first-order chi connectivity index (χ1) is 16.6. The van der Waals surface area contributed by atoms with Gasteiger partial charge in [0.25, 0.3) is 5.91 Å². The molecular weight excluding hydrogens is 424 g/mol. The number of carbonyl (C=O) groups is 1. The number of para-hydroxylation sites is 1. The molecule has 1 unspecified atom stereocenters. The first kappa shape index (κ1) is 22.2. The number of aryl methyl sites for hydroxylation is 2. The zero-order valence-electron chi connectivity index (χ0n) is 19.4. The molecule has 1 aliphatic rings. The molecule has 2 aromatic heterocycles. The fraction of sp³-hybridized carbons (Fsp3) is 0.250. The smallest absolute Gasteiger partial charge is 0.267 e. The number of nitrogens with zero attached hydrogens (tertiary/aromatic N) is 2. The molecule has 6 nitrogen and oxygen atoms in total. The number of hydroxylamine groups is 1. The summed E-state index contributed by atoms with van der Waals surface area (Å²) in [7, 11) is 2.11. The molecule has 4 aromatic rings. The van der Waals surface area contributed by atoms with Crippen LogP contribution < -0.4 is 5.48 Å². The molecule has 0 bridgehead atoms. The summed E-state index contributed by atoms with van der Waals surface area (Å²) in [5, 5.41) is 10.0. The first-order valence-electron chi connectivity index (χ1n) is 11.8. The van der Waals surface area contributed by atoms with Crippen LogP contribution in [0.5, 0.6) is 0 Å². The second kappa shape index (κ2) is 9.71. The van der Waals surface area contributed by atoms with Crippen LogP contribution in [0, 0.1) is 0 Å². The lowest BCUT2D eigenvalue weighted by atomic mass is 10.0. The fourth-order valence-corrected chi connectivity index (χ4v) is 5.12. The van der Waals surface area contributed by atoms with Crippen LogP contribution in [0.25, 0.3) is 17.0 Å². The fourth-order valence-electron chi connectivity index (χ4n) is 5.12. The molecule has 34 heavy (non-hydrogen) atoms. The molecule has 5 rings (SSSR count). The average molecular weight is 455 g/mol. The van der Waals surface area contributed by atoms with E-state index in [9.17, 15) is 4.79 Å². The molecule has 0 fully saturated rings. The molecule has 1 atom stereocenters. The molecule has 1 aliphatic carbocycles.